The quantitative estimate of drug-likeness (QED) is 0.0707. The Morgan fingerprint density at radius 2 is 0.462 bits per heavy atom. The van der Waals surface area contributed by atoms with Gasteiger partial charge in [-0.15, -0.1) is 0 Å². The first-order chi connectivity index (χ1) is 25.7. The Balaban J connectivity index is 1.92. The highest BCUT2D eigenvalue weighted by Gasteiger charge is 2.09. The van der Waals surface area contributed by atoms with Gasteiger partial charge in [0.25, 0.3) is 0 Å². The van der Waals surface area contributed by atoms with Gasteiger partial charge in [0.15, 0.2) is 0 Å². The lowest BCUT2D eigenvalue weighted by Gasteiger charge is -2.13. The lowest BCUT2D eigenvalue weighted by molar-refractivity contribution is 0.292. The Morgan fingerprint density at radius 3 is 0.673 bits per heavy atom. The van der Waals surface area contributed by atoms with Crippen LogP contribution < -0.4 is 39.8 Å². The highest BCUT2D eigenvalue weighted by Crippen LogP contribution is 2.15. The van der Waals surface area contributed by atoms with E-state index < -0.39 is 0 Å². The molecule has 0 atom stereocenters. The zero-order valence-corrected chi connectivity index (χ0v) is 34.1. The molecule has 52 heavy (non-hydrogen) atoms. The molecule has 4 aliphatic rings. The number of unbranched alkanes of at least 4 members (excludes halogenated alkanes) is 20. The molecule has 0 spiro atoms. The molecule has 6 rings (SSSR count). The molecule has 0 saturated heterocycles. The lowest BCUT2D eigenvalue weighted by atomic mass is 10.1. The second-order valence-corrected chi connectivity index (χ2v) is 15.0. The van der Waals surface area contributed by atoms with Gasteiger partial charge in [-0.05, 0) is 49.9 Å². The number of benzene rings is 2. The van der Waals surface area contributed by atoms with Gasteiger partial charge in [0.1, 0.15) is 23.0 Å². The fraction of sp³-hybridized carbons (Fsp3) is 0.667. The zero-order chi connectivity index (χ0) is 36.9. The third-order valence-electron chi connectivity index (χ3n) is 10.2. The van der Waals surface area contributed by atoms with Crippen molar-refractivity contribution < 1.29 is 18.9 Å². The van der Waals surface area contributed by atoms with Crippen molar-refractivity contribution in [2.24, 2.45) is 0 Å². The number of rotatable bonds is 32. The minimum atomic E-state index is 0.727. The molecule has 4 heteroatoms. The van der Waals surface area contributed by atoms with Crippen molar-refractivity contribution in [1.82, 2.24) is 0 Å². The van der Waals surface area contributed by atoms with Gasteiger partial charge in [-0.2, -0.15) is 0 Å². The summed E-state index contributed by atoms with van der Waals surface area (Å²) in [6.07, 6.45) is 38.7. The standard InChI is InChI=1S/C48H76O4/c1-5-9-13-17-21-25-33-49-45-37-42-31-32-44-40-47(51-35-27-23-19-15-11-7-3)43(39-48(44)52-36-28-24-20-16-12-8-4)30-29-41(45)38-46(42)50-34-26-22-18-14-10-6-2/h29-32,37-40H,5-28,33-36H2,1-4H3/b30-29?,32-31?,41-29-,42-31-,43-30-,44-32-. The molecule has 0 N–H and O–H groups in total. The minimum absolute atomic E-state index is 0.727. The van der Waals surface area contributed by atoms with Crippen molar-refractivity contribution in [3.05, 3.63) is 45.1 Å². The van der Waals surface area contributed by atoms with Crippen LogP contribution in [0.2, 0.25) is 0 Å². The van der Waals surface area contributed by atoms with E-state index in [1.807, 2.05) is 0 Å². The summed E-state index contributed by atoms with van der Waals surface area (Å²) in [5, 5.41) is 4.17. The summed E-state index contributed by atoms with van der Waals surface area (Å²) in [7, 11) is 0. The Hall–Kier alpha value is -2.88. The van der Waals surface area contributed by atoms with Gasteiger partial charge >= 0.3 is 0 Å². The lowest BCUT2D eigenvalue weighted by Crippen LogP contribution is -2.21. The summed E-state index contributed by atoms with van der Waals surface area (Å²) in [5.41, 5.74) is 0. The van der Waals surface area contributed by atoms with E-state index in [2.05, 4.69) is 76.3 Å². The van der Waals surface area contributed by atoms with E-state index in [-0.39, 0.29) is 0 Å². The molecule has 0 heterocycles. The molecule has 0 unspecified atom stereocenters. The third-order valence-corrected chi connectivity index (χ3v) is 10.2. The molecule has 2 aromatic carbocycles. The summed E-state index contributed by atoms with van der Waals surface area (Å²) in [6.45, 7) is 12.0. The van der Waals surface area contributed by atoms with Crippen LogP contribution >= 0.6 is 0 Å². The molecule has 4 bridgehead atoms. The average molecular weight is 717 g/mol. The normalized spacial score (nSPS) is 14.5. The number of ether oxygens (including phenoxy) is 4. The Morgan fingerprint density at radius 1 is 0.269 bits per heavy atom. The zero-order valence-electron chi connectivity index (χ0n) is 34.1. The first-order valence-corrected chi connectivity index (χ1v) is 21.9. The smallest absolute Gasteiger partial charge is 0.127 e. The van der Waals surface area contributed by atoms with Gasteiger partial charge in [0.05, 0.1) is 26.4 Å². The van der Waals surface area contributed by atoms with Crippen LogP contribution in [0.5, 0.6) is 23.0 Å². The molecule has 0 saturated carbocycles. The maximum atomic E-state index is 6.52. The molecule has 0 radical (unpaired) electrons. The van der Waals surface area contributed by atoms with Gasteiger partial charge < -0.3 is 18.9 Å². The third kappa shape index (κ3) is 17.8. The first kappa shape index (κ1) is 43.5. The van der Waals surface area contributed by atoms with Crippen molar-refractivity contribution in [3.8, 4) is 23.0 Å². The molecule has 2 aromatic rings. The summed E-state index contributed by atoms with van der Waals surface area (Å²) in [5.74, 6) is 3.67. The summed E-state index contributed by atoms with van der Waals surface area (Å²) in [6, 6.07) is 8.74. The van der Waals surface area contributed by atoms with Gasteiger partial charge in [-0.25, -0.2) is 0 Å². The Labute approximate surface area is 318 Å². The van der Waals surface area contributed by atoms with Crippen molar-refractivity contribution in [2.45, 2.75) is 182 Å². The molecule has 0 aliphatic heterocycles. The van der Waals surface area contributed by atoms with Crippen molar-refractivity contribution >= 4 is 24.3 Å². The van der Waals surface area contributed by atoms with Crippen molar-refractivity contribution in [1.29, 1.82) is 0 Å². The van der Waals surface area contributed by atoms with E-state index in [0.717, 1.165) is 96.0 Å². The summed E-state index contributed by atoms with van der Waals surface area (Å²) in [4.78, 5) is 0. The SMILES string of the molecule is CCCCCCCCOc1c/c2c(OCCCCCCCC)c/c1=C/C=c1/cc(OCCCCCCCC)/c(cc1OCCCCCCCC)=C\C=2. The van der Waals surface area contributed by atoms with Gasteiger partial charge in [0, 0.05) is 20.9 Å². The molecule has 0 fully saturated rings. The highest BCUT2D eigenvalue weighted by molar-refractivity contribution is 5.69. The van der Waals surface area contributed by atoms with Gasteiger partial charge in [-0.3, -0.25) is 0 Å². The number of hydrogen-bond acceptors (Lipinski definition) is 4. The van der Waals surface area contributed by atoms with Crippen LogP contribution in [0, 0.1) is 0 Å². The molecule has 0 amide bonds. The van der Waals surface area contributed by atoms with Crippen molar-refractivity contribution in [2.75, 3.05) is 26.4 Å². The van der Waals surface area contributed by atoms with Crippen LogP contribution in [0.4, 0.5) is 0 Å². The Kier molecular flexibility index (Phi) is 23.9. The van der Waals surface area contributed by atoms with Crippen LogP contribution in [0.25, 0.3) is 24.3 Å². The molecular formula is C48H76O4. The summed E-state index contributed by atoms with van der Waals surface area (Å²) < 4.78 is 26.1. The van der Waals surface area contributed by atoms with E-state index in [9.17, 15) is 0 Å². The fourth-order valence-corrected chi connectivity index (χ4v) is 6.82. The van der Waals surface area contributed by atoms with Crippen LogP contribution in [0.3, 0.4) is 0 Å². The molecular weight excluding hydrogens is 641 g/mol. The monoisotopic (exact) mass is 717 g/mol. The van der Waals surface area contributed by atoms with E-state index in [1.165, 1.54) is 128 Å². The van der Waals surface area contributed by atoms with E-state index in [4.69, 9.17) is 18.9 Å². The second-order valence-electron chi connectivity index (χ2n) is 15.0. The van der Waals surface area contributed by atoms with Crippen LogP contribution in [0.15, 0.2) is 24.3 Å². The maximum Gasteiger partial charge on any atom is 0.127 e. The molecule has 292 valence electrons. The minimum Gasteiger partial charge on any atom is -0.493 e. The first-order valence-electron chi connectivity index (χ1n) is 21.9. The van der Waals surface area contributed by atoms with Crippen LogP contribution in [-0.2, 0) is 0 Å². The van der Waals surface area contributed by atoms with E-state index in [1.54, 1.807) is 0 Å². The van der Waals surface area contributed by atoms with Gasteiger partial charge in [0.2, 0.25) is 0 Å². The van der Waals surface area contributed by atoms with Crippen LogP contribution in [0.1, 0.15) is 182 Å². The van der Waals surface area contributed by atoms with Gasteiger partial charge in [-0.1, -0.05) is 180 Å². The Bertz CT molecular complexity index is 1240. The predicted octanol–water partition coefficient (Wildman–Crippen LogP) is 11.5. The second kappa shape index (κ2) is 28.6. The average Bonchev–Trinajstić information content (AvgIpc) is 3.15. The molecule has 4 nitrogen and oxygen atoms in total. The predicted molar refractivity (Wildman–Crippen MR) is 225 cm³/mol. The van der Waals surface area contributed by atoms with Crippen LogP contribution in [-0.4, -0.2) is 26.4 Å². The number of hydrogen-bond donors (Lipinski definition) is 0. The molecule has 4 aliphatic carbocycles. The largest absolute Gasteiger partial charge is 0.493 e. The fourth-order valence-electron chi connectivity index (χ4n) is 6.82. The van der Waals surface area contributed by atoms with Crippen molar-refractivity contribution in [3.63, 3.8) is 0 Å². The topological polar surface area (TPSA) is 36.9 Å². The highest BCUT2D eigenvalue weighted by atomic mass is 16.5. The summed E-state index contributed by atoms with van der Waals surface area (Å²) >= 11 is 0. The maximum absolute atomic E-state index is 6.52. The molecule has 0 aromatic heterocycles. The van der Waals surface area contributed by atoms with E-state index in [0.29, 0.717) is 0 Å². The van der Waals surface area contributed by atoms with E-state index >= 15 is 0 Å².